The van der Waals surface area contributed by atoms with Gasteiger partial charge in [-0.25, -0.2) is 0 Å². The summed E-state index contributed by atoms with van der Waals surface area (Å²) in [6.45, 7) is 2.53. The zero-order valence-electron chi connectivity index (χ0n) is 13.4. The second-order valence-corrected chi connectivity index (χ2v) is 5.16. The molecule has 0 aliphatic heterocycles. The molecule has 0 aliphatic rings. The number of esters is 2. The number of terminal acetylenes is 1. The van der Waals surface area contributed by atoms with Crippen molar-refractivity contribution >= 4 is 11.9 Å². The first-order chi connectivity index (χ1) is 10.2. The van der Waals surface area contributed by atoms with Crippen molar-refractivity contribution in [2.45, 2.75) is 64.7 Å². The van der Waals surface area contributed by atoms with Crippen LogP contribution in [-0.2, 0) is 19.1 Å². The highest BCUT2D eigenvalue weighted by molar-refractivity contribution is 5.72. The van der Waals surface area contributed by atoms with Gasteiger partial charge in [-0.05, 0) is 25.7 Å². The van der Waals surface area contributed by atoms with Crippen LogP contribution in [0.25, 0.3) is 0 Å². The molecule has 0 radical (unpaired) electrons. The van der Waals surface area contributed by atoms with E-state index in [1.54, 1.807) is 0 Å². The Labute approximate surface area is 128 Å². The highest BCUT2D eigenvalue weighted by atomic mass is 16.5. The number of hydrogen-bond acceptors (Lipinski definition) is 4. The van der Waals surface area contributed by atoms with Gasteiger partial charge in [0.2, 0.25) is 0 Å². The van der Waals surface area contributed by atoms with Crippen LogP contribution >= 0.6 is 0 Å². The number of rotatable bonds is 12. The molecule has 0 rings (SSSR count). The van der Waals surface area contributed by atoms with Crippen molar-refractivity contribution in [3.63, 3.8) is 0 Å². The van der Waals surface area contributed by atoms with E-state index in [1.165, 1.54) is 7.11 Å². The summed E-state index contributed by atoms with van der Waals surface area (Å²) in [6.07, 6.45) is 12.6. The molecule has 0 saturated heterocycles. The highest BCUT2D eigenvalue weighted by Gasteiger charge is 2.18. The molecule has 0 aromatic carbocycles. The topological polar surface area (TPSA) is 52.6 Å². The summed E-state index contributed by atoms with van der Waals surface area (Å²) in [4.78, 5) is 22.8. The molecule has 0 fully saturated rings. The summed E-state index contributed by atoms with van der Waals surface area (Å²) in [6, 6.07) is 0. The molecule has 120 valence electrons. The van der Waals surface area contributed by atoms with Crippen LogP contribution in [0.2, 0.25) is 0 Å². The van der Waals surface area contributed by atoms with Gasteiger partial charge in [-0.3, -0.25) is 9.59 Å². The summed E-state index contributed by atoms with van der Waals surface area (Å²) in [5, 5.41) is 0. The lowest BCUT2D eigenvalue weighted by atomic mass is 9.98. The second-order valence-electron chi connectivity index (χ2n) is 5.16. The Morgan fingerprint density at radius 1 is 1.14 bits per heavy atom. The number of carbonyl (C=O) groups excluding carboxylic acids is 2. The normalized spacial score (nSPS) is 11.5. The maximum absolute atomic E-state index is 11.9. The fourth-order valence-corrected chi connectivity index (χ4v) is 2.03. The molecule has 1 unspecified atom stereocenters. The van der Waals surface area contributed by atoms with Crippen molar-refractivity contribution in [2.75, 3.05) is 13.7 Å². The van der Waals surface area contributed by atoms with Gasteiger partial charge >= 0.3 is 11.9 Å². The first kappa shape index (κ1) is 19.5. The highest BCUT2D eigenvalue weighted by Crippen LogP contribution is 2.15. The number of carbonyl (C=O) groups is 2. The van der Waals surface area contributed by atoms with E-state index < -0.39 is 0 Å². The van der Waals surface area contributed by atoms with Crippen molar-refractivity contribution in [2.24, 2.45) is 5.92 Å². The van der Waals surface area contributed by atoms with Crippen LogP contribution in [0.1, 0.15) is 64.7 Å². The zero-order chi connectivity index (χ0) is 15.9. The maximum atomic E-state index is 11.9. The van der Waals surface area contributed by atoms with Gasteiger partial charge in [-0.1, -0.05) is 26.2 Å². The van der Waals surface area contributed by atoms with E-state index in [2.05, 4.69) is 17.6 Å². The van der Waals surface area contributed by atoms with E-state index in [0.29, 0.717) is 19.4 Å². The Morgan fingerprint density at radius 2 is 1.90 bits per heavy atom. The maximum Gasteiger partial charge on any atom is 0.309 e. The number of unbranched alkanes of at least 4 members (excludes halogenated alkanes) is 4. The van der Waals surface area contributed by atoms with Crippen molar-refractivity contribution in [3.8, 4) is 12.3 Å². The summed E-state index contributed by atoms with van der Waals surface area (Å²) in [5.74, 6) is 2.00. The van der Waals surface area contributed by atoms with E-state index in [-0.39, 0.29) is 17.9 Å². The minimum absolute atomic E-state index is 0.170. The Morgan fingerprint density at radius 3 is 2.52 bits per heavy atom. The predicted molar refractivity (Wildman–Crippen MR) is 82.5 cm³/mol. The predicted octanol–water partition coefficient (Wildman–Crippen LogP) is 3.48. The van der Waals surface area contributed by atoms with Crippen molar-refractivity contribution in [1.29, 1.82) is 0 Å². The Bertz CT molecular complexity index is 330. The lowest BCUT2D eigenvalue weighted by Gasteiger charge is -2.13. The summed E-state index contributed by atoms with van der Waals surface area (Å²) >= 11 is 0. The largest absolute Gasteiger partial charge is 0.469 e. The number of hydrogen-bond donors (Lipinski definition) is 0. The van der Waals surface area contributed by atoms with Gasteiger partial charge < -0.3 is 9.47 Å². The van der Waals surface area contributed by atoms with Crippen molar-refractivity contribution in [3.05, 3.63) is 0 Å². The van der Waals surface area contributed by atoms with E-state index in [9.17, 15) is 9.59 Å². The molecule has 0 bridgehead atoms. The molecule has 0 spiro atoms. The molecule has 1 atom stereocenters. The van der Waals surface area contributed by atoms with Crippen LogP contribution in [-0.4, -0.2) is 25.7 Å². The van der Waals surface area contributed by atoms with Gasteiger partial charge in [0.15, 0.2) is 0 Å². The van der Waals surface area contributed by atoms with E-state index in [4.69, 9.17) is 11.2 Å². The van der Waals surface area contributed by atoms with Gasteiger partial charge in [0, 0.05) is 12.8 Å². The third-order valence-electron chi connectivity index (χ3n) is 3.35. The fourth-order valence-electron chi connectivity index (χ4n) is 2.03. The van der Waals surface area contributed by atoms with E-state index in [1.807, 2.05) is 0 Å². The van der Waals surface area contributed by atoms with Gasteiger partial charge in [0.05, 0.1) is 19.6 Å². The zero-order valence-corrected chi connectivity index (χ0v) is 13.4. The summed E-state index contributed by atoms with van der Waals surface area (Å²) in [5.41, 5.74) is 0. The molecule has 21 heavy (non-hydrogen) atoms. The molecule has 0 N–H and O–H groups in total. The second kappa shape index (κ2) is 13.5. The SMILES string of the molecule is C#CCC(CCCCC)C(=O)OCCCCCC(=O)OC. The van der Waals surface area contributed by atoms with Crippen LogP contribution in [0, 0.1) is 18.3 Å². The molecule has 0 amide bonds. The fraction of sp³-hybridized carbons (Fsp3) is 0.765. The monoisotopic (exact) mass is 296 g/mol. The molecule has 0 saturated carbocycles. The van der Waals surface area contributed by atoms with E-state index in [0.717, 1.165) is 44.9 Å². The van der Waals surface area contributed by atoms with Gasteiger partial charge in [-0.2, -0.15) is 0 Å². The Hall–Kier alpha value is -1.50. The molecule has 4 nitrogen and oxygen atoms in total. The third-order valence-corrected chi connectivity index (χ3v) is 3.35. The first-order valence-electron chi connectivity index (χ1n) is 7.82. The average Bonchev–Trinajstić information content (AvgIpc) is 2.49. The molecular formula is C17H28O4. The van der Waals surface area contributed by atoms with Crippen molar-refractivity contribution in [1.82, 2.24) is 0 Å². The smallest absolute Gasteiger partial charge is 0.309 e. The van der Waals surface area contributed by atoms with Crippen molar-refractivity contribution < 1.29 is 19.1 Å². The minimum atomic E-state index is -0.197. The molecule has 0 aromatic rings. The standard InChI is InChI=1S/C17H28O4/c1-4-6-8-12-15(11-5-2)17(19)21-14-10-7-9-13-16(18)20-3/h2,15H,4,6-14H2,1,3H3. The quantitative estimate of drug-likeness (QED) is 0.314. The first-order valence-corrected chi connectivity index (χ1v) is 7.82. The van der Waals surface area contributed by atoms with Gasteiger partial charge in [0.25, 0.3) is 0 Å². The van der Waals surface area contributed by atoms with Crippen LogP contribution in [0.3, 0.4) is 0 Å². The van der Waals surface area contributed by atoms with Crippen LogP contribution < -0.4 is 0 Å². The molecular weight excluding hydrogens is 268 g/mol. The number of ether oxygens (including phenoxy) is 2. The number of methoxy groups -OCH3 is 1. The van der Waals surface area contributed by atoms with Crippen LogP contribution in [0.4, 0.5) is 0 Å². The molecule has 4 heteroatoms. The molecule has 0 aliphatic carbocycles. The lowest BCUT2D eigenvalue weighted by molar-refractivity contribution is -0.149. The molecule has 0 aromatic heterocycles. The lowest BCUT2D eigenvalue weighted by Crippen LogP contribution is -2.18. The molecule has 0 heterocycles. The summed E-state index contributed by atoms with van der Waals surface area (Å²) < 4.78 is 9.83. The Kier molecular flexibility index (Phi) is 12.5. The third kappa shape index (κ3) is 10.9. The van der Waals surface area contributed by atoms with Crippen LogP contribution in [0.5, 0.6) is 0 Å². The van der Waals surface area contributed by atoms with Crippen LogP contribution in [0.15, 0.2) is 0 Å². The van der Waals surface area contributed by atoms with Gasteiger partial charge in [-0.15, -0.1) is 12.3 Å². The average molecular weight is 296 g/mol. The summed E-state index contributed by atoms with van der Waals surface area (Å²) in [7, 11) is 1.38. The minimum Gasteiger partial charge on any atom is -0.469 e. The Balaban J connectivity index is 3.77. The van der Waals surface area contributed by atoms with E-state index >= 15 is 0 Å². The van der Waals surface area contributed by atoms with Gasteiger partial charge in [0.1, 0.15) is 0 Å².